The Hall–Kier alpha value is -2.89. The van der Waals surface area contributed by atoms with E-state index in [1.54, 1.807) is 0 Å². The van der Waals surface area contributed by atoms with Crippen molar-refractivity contribution in [2.45, 2.75) is 19.5 Å². The van der Waals surface area contributed by atoms with Crippen LogP contribution in [0.4, 0.5) is 0 Å². The van der Waals surface area contributed by atoms with Crippen molar-refractivity contribution in [1.82, 2.24) is 5.32 Å². The predicted octanol–water partition coefficient (Wildman–Crippen LogP) is 4.75. The van der Waals surface area contributed by atoms with Gasteiger partial charge in [-0.05, 0) is 35.7 Å². The highest BCUT2D eigenvalue weighted by atomic mass is 14.9. The van der Waals surface area contributed by atoms with Crippen LogP contribution in [0.3, 0.4) is 0 Å². The highest BCUT2D eigenvalue weighted by molar-refractivity contribution is 5.35. The van der Waals surface area contributed by atoms with Gasteiger partial charge in [-0.2, -0.15) is 5.26 Å². The highest BCUT2D eigenvalue weighted by Crippen LogP contribution is 2.23. The van der Waals surface area contributed by atoms with Gasteiger partial charge in [0, 0.05) is 6.54 Å². The smallest absolute Gasteiger partial charge is 0.0991 e. The lowest BCUT2D eigenvalue weighted by Gasteiger charge is -2.20. The van der Waals surface area contributed by atoms with Crippen LogP contribution in [0.1, 0.15) is 33.9 Å². The molecule has 0 saturated carbocycles. The van der Waals surface area contributed by atoms with Gasteiger partial charge in [0.25, 0.3) is 0 Å². The van der Waals surface area contributed by atoms with Crippen molar-refractivity contribution in [2.24, 2.45) is 0 Å². The number of nitriles is 1. The fourth-order valence-electron chi connectivity index (χ4n) is 2.80. The number of nitrogens with zero attached hydrogens (tertiary/aromatic N) is 1. The van der Waals surface area contributed by atoms with E-state index in [1.807, 2.05) is 30.3 Å². The van der Waals surface area contributed by atoms with Crippen molar-refractivity contribution in [3.05, 3.63) is 107 Å². The van der Waals surface area contributed by atoms with E-state index >= 15 is 0 Å². The second kappa shape index (κ2) is 7.59. The molecule has 0 saturated heterocycles. The van der Waals surface area contributed by atoms with Crippen molar-refractivity contribution < 1.29 is 0 Å². The SMILES string of the molecule is Cc1ccc([C@H](NCc2cccc(C#N)c2)c2ccccc2)cc1. The van der Waals surface area contributed by atoms with Gasteiger partial charge < -0.3 is 5.32 Å². The van der Waals surface area contributed by atoms with Crippen LogP contribution in [-0.2, 0) is 6.54 Å². The summed E-state index contributed by atoms with van der Waals surface area (Å²) < 4.78 is 0. The fraction of sp³-hybridized carbons (Fsp3) is 0.136. The van der Waals surface area contributed by atoms with E-state index in [0.29, 0.717) is 12.1 Å². The van der Waals surface area contributed by atoms with Crippen LogP contribution >= 0.6 is 0 Å². The van der Waals surface area contributed by atoms with Gasteiger partial charge in [0.05, 0.1) is 17.7 Å². The number of aryl methyl sites for hydroxylation is 1. The molecular formula is C22H20N2. The molecule has 0 radical (unpaired) electrons. The monoisotopic (exact) mass is 312 g/mol. The molecule has 0 aliphatic carbocycles. The number of hydrogen-bond acceptors (Lipinski definition) is 2. The molecule has 3 aromatic carbocycles. The molecule has 0 spiro atoms. The number of nitrogens with one attached hydrogen (secondary N) is 1. The van der Waals surface area contributed by atoms with E-state index in [0.717, 1.165) is 5.56 Å². The minimum atomic E-state index is 0.123. The van der Waals surface area contributed by atoms with E-state index in [9.17, 15) is 0 Å². The maximum Gasteiger partial charge on any atom is 0.0991 e. The summed E-state index contributed by atoms with van der Waals surface area (Å²) in [7, 11) is 0. The highest BCUT2D eigenvalue weighted by Gasteiger charge is 2.13. The van der Waals surface area contributed by atoms with E-state index in [-0.39, 0.29) is 6.04 Å². The average molecular weight is 312 g/mol. The van der Waals surface area contributed by atoms with E-state index in [2.05, 4.69) is 66.8 Å². The molecule has 0 aromatic heterocycles. The van der Waals surface area contributed by atoms with Crippen molar-refractivity contribution in [2.75, 3.05) is 0 Å². The maximum atomic E-state index is 9.05. The van der Waals surface area contributed by atoms with Crippen LogP contribution < -0.4 is 5.32 Å². The van der Waals surface area contributed by atoms with Crippen LogP contribution in [0.25, 0.3) is 0 Å². The van der Waals surface area contributed by atoms with Crippen molar-refractivity contribution in [1.29, 1.82) is 5.26 Å². The Balaban J connectivity index is 1.85. The first-order valence-electron chi connectivity index (χ1n) is 8.10. The van der Waals surface area contributed by atoms with Crippen LogP contribution in [0, 0.1) is 18.3 Å². The summed E-state index contributed by atoms with van der Waals surface area (Å²) in [4.78, 5) is 0. The molecule has 1 N–H and O–H groups in total. The maximum absolute atomic E-state index is 9.05. The first-order valence-corrected chi connectivity index (χ1v) is 8.10. The molecule has 118 valence electrons. The quantitative estimate of drug-likeness (QED) is 0.738. The largest absolute Gasteiger partial charge is 0.302 e. The third kappa shape index (κ3) is 3.90. The molecule has 0 fully saturated rings. The number of rotatable bonds is 5. The van der Waals surface area contributed by atoms with Gasteiger partial charge in [-0.1, -0.05) is 72.3 Å². The Labute approximate surface area is 143 Å². The lowest BCUT2D eigenvalue weighted by atomic mass is 9.97. The third-order valence-corrected chi connectivity index (χ3v) is 4.11. The first-order chi connectivity index (χ1) is 11.8. The molecule has 0 unspecified atom stereocenters. The summed E-state index contributed by atoms with van der Waals surface area (Å²) in [5.74, 6) is 0. The molecule has 0 amide bonds. The van der Waals surface area contributed by atoms with Crippen molar-refractivity contribution >= 4 is 0 Å². The topological polar surface area (TPSA) is 35.8 Å². The first kappa shape index (κ1) is 16.0. The standard InChI is InChI=1S/C22H20N2/c1-17-10-12-21(13-11-17)22(20-8-3-2-4-9-20)24-16-19-7-5-6-18(14-19)15-23/h2-14,22,24H,16H2,1H3/t22-/m1/s1. The predicted molar refractivity (Wildman–Crippen MR) is 97.5 cm³/mol. The number of hydrogen-bond donors (Lipinski definition) is 1. The van der Waals surface area contributed by atoms with Gasteiger partial charge >= 0.3 is 0 Å². The van der Waals surface area contributed by atoms with Crippen LogP contribution in [0.15, 0.2) is 78.9 Å². The lowest BCUT2D eigenvalue weighted by Crippen LogP contribution is -2.22. The van der Waals surface area contributed by atoms with E-state index in [4.69, 9.17) is 5.26 Å². The normalized spacial score (nSPS) is 11.7. The minimum absolute atomic E-state index is 0.123. The van der Waals surface area contributed by atoms with Gasteiger partial charge in [-0.15, -0.1) is 0 Å². The Kier molecular flexibility index (Phi) is 5.05. The third-order valence-electron chi connectivity index (χ3n) is 4.11. The Morgan fingerprint density at radius 2 is 1.58 bits per heavy atom. The van der Waals surface area contributed by atoms with Crippen molar-refractivity contribution in [3.63, 3.8) is 0 Å². The Bertz CT molecular complexity index is 830. The van der Waals surface area contributed by atoms with Gasteiger partial charge in [-0.3, -0.25) is 0 Å². The number of benzene rings is 3. The summed E-state index contributed by atoms with van der Waals surface area (Å²) in [6, 6.07) is 29.1. The Morgan fingerprint density at radius 1 is 0.875 bits per heavy atom. The fourth-order valence-corrected chi connectivity index (χ4v) is 2.80. The van der Waals surface area contributed by atoms with Gasteiger partial charge in [0.1, 0.15) is 0 Å². The molecule has 0 aliphatic heterocycles. The van der Waals surface area contributed by atoms with Gasteiger partial charge in [-0.25, -0.2) is 0 Å². The molecule has 2 heteroatoms. The van der Waals surface area contributed by atoms with Gasteiger partial charge in [0.2, 0.25) is 0 Å². The molecular weight excluding hydrogens is 292 g/mol. The summed E-state index contributed by atoms with van der Waals surface area (Å²) in [6.45, 7) is 2.81. The summed E-state index contributed by atoms with van der Waals surface area (Å²) >= 11 is 0. The zero-order chi connectivity index (χ0) is 16.8. The van der Waals surface area contributed by atoms with Crippen molar-refractivity contribution in [3.8, 4) is 6.07 Å². The molecule has 24 heavy (non-hydrogen) atoms. The lowest BCUT2D eigenvalue weighted by molar-refractivity contribution is 0.605. The second-order valence-electron chi connectivity index (χ2n) is 5.95. The summed E-state index contributed by atoms with van der Waals surface area (Å²) in [5.41, 5.74) is 5.54. The minimum Gasteiger partial charge on any atom is -0.302 e. The summed E-state index contributed by atoms with van der Waals surface area (Å²) in [5, 5.41) is 12.7. The zero-order valence-electron chi connectivity index (χ0n) is 13.7. The van der Waals surface area contributed by atoms with Crippen LogP contribution in [0.5, 0.6) is 0 Å². The zero-order valence-corrected chi connectivity index (χ0v) is 13.7. The van der Waals surface area contributed by atoms with Crippen LogP contribution in [0.2, 0.25) is 0 Å². The summed E-state index contributed by atoms with van der Waals surface area (Å²) in [6.07, 6.45) is 0. The van der Waals surface area contributed by atoms with E-state index < -0.39 is 0 Å². The molecule has 3 aromatic rings. The van der Waals surface area contributed by atoms with Gasteiger partial charge in [0.15, 0.2) is 0 Å². The second-order valence-corrected chi connectivity index (χ2v) is 5.95. The van der Waals surface area contributed by atoms with E-state index in [1.165, 1.54) is 16.7 Å². The molecule has 0 aliphatic rings. The Morgan fingerprint density at radius 3 is 2.29 bits per heavy atom. The molecule has 0 bridgehead atoms. The molecule has 0 heterocycles. The molecule has 2 nitrogen and oxygen atoms in total. The molecule has 1 atom stereocenters. The molecule has 3 rings (SSSR count). The average Bonchev–Trinajstić information content (AvgIpc) is 2.64. The van der Waals surface area contributed by atoms with Crippen LogP contribution in [-0.4, -0.2) is 0 Å².